The summed E-state index contributed by atoms with van der Waals surface area (Å²) in [4.78, 5) is 2.16. The van der Waals surface area contributed by atoms with Crippen molar-refractivity contribution in [2.75, 3.05) is 31.1 Å². The number of hydrogen-bond donors (Lipinski definition) is 1. The number of para-hydroxylation sites is 1. The maximum absolute atomic E-state index is 14.3. The predicted molar refractivity (Wildman–Crippen MR) is 58.9 cm³/mol. The maximum Gasteiger partial charge on any atom is 0.146 e. The molecular formula is C12H15FN2. The van der Waals surface area contributed by atoms with E-state index in [1.807, 2.05) is 18.2 Å². The van der Waals surface area contributed by atoms with Crippen LogP contribution >= 0.6 is 0 Å². The molecular weight excluding hydrogens is 191 g/mol. The van der Waals surface area contributed by atoms with Crippen LogP contribution < -0.4 is 10.2 Å². The van der Waals surface area contributed by atoms with Gasteiger partial charge in [-0.2, -0.15) is 0 Å². The van der Waals surface area contributed by atoms with Gasteiger partial charge in [-0.1, -0.05) is 18.2 Å². The van der Waals surface area contributed by atoms with Gasteiger partial charge in [-0.15, -0.1) is 0 Å². The molecule has 80 valence electrons. The minimum absolute atomic E-state index is 0.165. The molecule has 2 nitrogen and oxygen atoms in total. The van der Waals surface area contributed by atoms with Gasteiger partial charge in [0.25, 0.3) is 0 Å². The fraction of sp³-hybridized carbons (Fsp3) is 0.500. The second kappa shape index (κ2) is 3.20. The number of rotatable bonds is 1. The van der Waals surface area contributed by atoms with Gasteiger partial charge in [-0.3, -0.25) is 0 Å². The number of fused-ring (bicyclic) bond motifs is 1. The topological polar surface area (TPSA) is 15.3 Å². The molecule has 2 atom stereocenters. The molecule has 0 amide bonds. The Hall–Kier alpha value is -1.09. The maximum atomic E-state index is 14.3. The van der Waals surface area contributed by atoms with Crippen LogP contribution in [-0.4, -0.2) is 31.8 Å². The van der Waals surface area contributed by atoms with Crippen LogP contribution in [0.5, 0.6) is 0 Å². The fourth-order valence-electron chi connectivity index (χ4n) is 2.68. The van der Waals surface area contributed by atoms with Gasteiger partial charge in [0.05, 0.1) is 6.54 Å². The summed E-state index contributed by atoms with van der Waals surface area (Å²) in [7, 11) is 0. The van der Waals surface area contributed by atoms with Gasteiger partial charge in [-0.25, -0.2) is 4.39 Å². The normalized spacial score (nSPS) is 34.5. The highest BCUT2D eigenvalue weighted by Crippen LogP contribution is 2.36. The molecule has 2 saturated heterocycles. The molecule has 2 heterocycles. The quantitative estimate of drug-likeness (QED) is 0.748. The van der Waals surface area contributed by atoms with Crippen LogP contribution in [0.25, 0.3) is 0 Å². The number of nitrogens with one attached hydrogen (secondary N) is 1. The summed E-state index contributed by atoms with van der Waals surface area (Å²) < 4.78 is 14.3. The lowest BCUT2D eigenvalue weighted by molar-refractivity contribution is 0.178. The van der Waals surface area contributed by atoms with Crippen LogP contribution in [0.15, 0.2) is 30.3 Å². The third kappa shape index (κ3) is 1.42. The molecule has 2 aliphatic heterocycles. The van der Waals surface area contributed by atoms with Crippen molar-refractivity contribution in [3.8, 4) is 0 Å². The van der Waals surface area contributed by atoms with E-state index in [1.165, 1.54) is 0 Å². The van der Waals surface area contributed by atoms with E-state index >= 15 is 0 Å². The zero-order valence-electron chi connectivity index (χ0n) is 8.62. The molecule has 3 heteroatoms. The number of nitrogens with zero attached hydrogens (tertiary/aromatic N) is 1. The highest BCUT2D eigenvalue weighted by atomic mass is 19.1. The Morgan fingerprint density at radius 2 is 2.13 bits per heavy atom. The molecule has 1 N–H and O–H groups in total. The molecule has 0 radical (unpaired) electrons. The van der Waals surface area contributed by atoms with Crippen molar-refractivity contribution in [3.63, 3.8) is 0 Å². The van der Waals surface area contributed by atoms with Gasteiger partial charge in [0.15, 0.2) is 0 Å². The van der Waals surface area contributed by atoms with Crippen molar-refractivity contribution in [1.82, 2.24) is 5.32 Å². The van der Waals surface area contributed by atoms with Crippen molar-refractivity contribution in [1.29, 1.82) is 0 Å². The smallest absolute Gasteiger partial charge is 0.146 e. The molecule has 2 fully saturated rings. The van der Waals surface area contributed by atoms with Gasteiger partial charge >= 0.3 is 0 Å². The Morgan fingerprint density at radius 3 is 2.87 bits per heavy atom. The Balaban J connectivity index is 1.82. The molecule has 0 aliphatic carbocycles. The monoisotopic (exact) mass is 206 g/mol. The van der Waals surface area contributed by atoms with E-state index in [-0.39, 0.29) is 5.92 Å². The minimum atomic E-state index is -1.00. The van der Waals surface area contributed by atoms with Crippen LogP contribution in [0.1, 0.15) is 0 Å². The van der Waals surface area contributed by atoms with Gasteiger partial charge in [0, 0.05) is 31.2 Å². The first kappa shape index (κ1) is 9.16. The third-order valence-electron chi connectivity index (χ3n) is 3.56. The number of benzene rings is 1. The van der Waals surface area contributed by atoms with Crippen LogP contribution in [0, 0.1) is 5.92 Å². The van der Waals surface area contributed by atoms with Gasteiger partial charge in [-0.05, 0) is 12.1 Å². The van der Waals surface area contributed by atoms with Crippen molar-refractivity contribution in [2.24, 2.45) is 5.92 Å². The molecule has 0 spiro atoms. The highest BCUT2D eigenvalue weighted by molar-refractivity contribution is 5.48. The van der Waals surface area contributed by atoms with Crippen LogP contribution in [-0.2, 0) is 0 Å². The van der Waals surface area contributed by atoms with Crippen molar-refractivity contribution in [2.45, 2.75) is 5.67 Å². The lowest BCUT2D eigenvalue weighted by Gasteiger charge is -2.20. The lowest BCUT2D eigenvalue weighted by atomic mass is 9.97. The third-order valence-corrected chi connectivity index (χ3v) is 3.56. The molecule has 0 saturated carbocycles. The van der Waals surface area contributed by atoms with Gasteiger partial charge in [0.2, 0.25) is 0 Å². The average Bonchev–Trinajstić information content (AvgIpc) is 2.74. The van der Waals surface area contributed by atoms with Gasteiger partial charge in [0.1, 0.15) is 5.67 Å². The van der Waals surface area contributed by atoms with Crippen molar-refractivity contribution in [3.05, 3.63) is 30.3 Å². The molecule has 1 aromatic rings. The molecule has 2 aliphatic rings. The fourth-order valence-corrected chi connectivity index (χ4v) is 2.68. The number of hydrogen-bond acceptors (Lipinski definition) is 2. The van der Waals surface area contributed by atoms with Crippen molar-refractivity contribution < 1.29 is 4.39 Å². The van der Waals surface area contributed by atoms with Crippen LogP contribution in [0.2, 0.25) is 0 Å². The lowest BCUT2D eigenvalue weighted by Crippen LogP contribution is -2.34. The molecule has 3 rings (SSSR count). The molecule has 0 aromatic heterocycles. The average molecular weight is 206 g/mol. The SMILES string of the molecule is FC12CNCC1CN(c1ccccc1)C2. The van der Waals surface area contributed by atoms with Gasteiger partial charge < -0.3 is 10.2 Å². The van der Waals surface area contributed by atoms with E-state index in [2.05, 4.69) is 22.3 Å². The minimum Gasteiger partial charge on any atom is -0.368 e. The highest BCUT2D eigenvalue weighted by Gasteiger charge is 2.50. The Morgan fingerprint density at radius 1 is 1.33 bits per heavy atom. The molecule has 2 unspecified atom stereocenters. The Bertz CT molecular complexity index is 354. The number of halogens is 1. The summed E-state index contributed by atoms with van der Waals surface area (Å²) in [5.74, 6) is 0.165. The Kier molecular flexibility index (Phi) is 1.96. The molecule has 0 bridgehead atoms. The summed E-state index contributed by atoms with van der Waals surface area (Å²) in [6.45, 7) is 2.71. The predicted octanol–water partition coefficient (Wildman–Crippen LogP) is 1.43. The first-order valence-corrected chi connectivity index (χ1v) is 5.48. The van der Waals surface area contributed by atoms with Crippen LogP contribution in [0.3, 0.4) is 0 Å². The zero-order valence-corrected chi connectivity index (χ0v) is 8.62. The van der Waals surface area contributed by atoms with E-state index in [1.54, 1.807) is 0 Å². The molecule has 15 heavy (non-hydrogen) atoms. The number of anilines is 1. The first-order chi connectivity index (χ1) is 7.28. The second-order valence-electron chi connectivity index (χ2n) is 4.58. The standard InChI is InChI=1S/C12H15FN2/c13-12-8-14-6-10(12)7-15(9-12)11-4-2-1-3-5-11/h1-5,10,14H,6-9H2. The summed E-state index contributed by atoms with van der Waals surface area (Å²) in [6.07, 6.45) is 0. The largest absolute Gasteiger partial charge is 0.368 e. The van der Waals surface area contributed by atoms with Crippen LogP contribution in [0.4, 0.5) is 10.1 Å². The van der Waals surface area contributed by atoms with E-state index in [9.17, 15) is 4.39 Å². The molecule has 1 aromatic carbocycles. The summed E-state index contributed by atoms with van der Waals surface area (Å²) in [5, 5.41) is 3.14. The van der Waals surface area contributed by atoms with E-state index in [4.69, 9.17) is 0 Å². The second-order valence-corrected chi connectivity index (χ2v) is 4.58. The van der Waals surface area contributed by atoms with E-state index < -0.39 is 5.67 Å². The number of alkyl halides is 1. The summed E-state index contributed by atoms with van der Waals surface area (Å²) in [6, 6.07) is 10.1. The van der Waals surface area contributed by atoms with Crippen molar-refractivity contribution >= 4 is 5.69 Å². The summed E-state index contributed by atoms with van der Waals surface area (Å²) in [5.41, 5.74) is 0.138. The summed E-state index contributed by atoms with van der Waals surface area (Å²) >= 11 is 0. The van der Waals surface area contributed by atoms with E-state index in [0.717, 1.165) is 18.8 Å². The Labute approximate surface area is 89.1 Å². The zero-order chi connectivity index (χ0) is 10.3. The first-order valence-electron chi connectivity index (χ1n) is 5.48. The van der Waals surface area contributed by atoms with E-state index in [0.29, 0.717) is 13.1 Å².